The first-order valence-corrected chi connectivity index (χ1v) is 10.5. The largest absolute Gasteiger partial charge is 0.451 e. The number of furan rings is 1. The molecular weight excluding hydrogens is 362 g/mol. The zero-order chi connectivity index (χ0) is 19.8. The number of fused-ring (bicyclic) bond motifs is 2. The van der Waals surface area contributed by atoms with Crippen LogP contribution >= 0.6 is 0 Å². The third-order valence-corrected chi connectivity index (χ3v) is 6.47. The van der Waals surface area contributed by atoms with E-state index in [2.05, 4.69) is 17.0 Å². The van der Waals surface area contributed by atoms with Crippen LogP contribution in [0.2, 0.25) is 0 Å². The van der Waals surface area contributed by atoms with Gasteiger partial charge >= 0.3 is 0 Å². The molecule has 2 fully saturated rings. The van der Waals surface area contributed by atoms with Crippen molar-refractivity contribution in [3.05, 3.63) is 72.0 Å². The van der Waals surface area contributed by atoms with E-state index in [4.69, 9.17) is 10.2 Å². The van der Waals surface area contributed by atoms with Gasteiger partial charge in [0.2, 0.25) is 0 Å². The molecule has 0 aliphatic carbocycles. The molecule has 0 bridgehead atoms. The maximum absolute atomic E-state index is 12.9. The Hall–Kier alpha value is -2.63. The highest BCUT2D eigenvalue weighted by molar-refractivity contribution is 5.96. The fourth-order valence-corrected chi connectivity index (χ4v) is 4.87. The summed E-state index contributed by atoms with van der Waals surface area (Å²) in [5.41, 5.74) is 8.33. The summed E-state index contributed by atoms with van der Waals surface area (Å²) in [4.78, 5) is 17.4. The topological polar surface area (TPSA) is 62.7 Å². The number of carbonyl (C=O) groups excluding carboxylic acids is 1. The maximum atomic E-state index is 12.9. The van der Waals surface area contributed by atoms with Gasteiger partial charge in [-0.25, -0.2) is 0 Å². The van der Waals surface area contributed by atoms with Crippen molar-refractivity contribution in [1.82, 2.24) is 9.80 Å². The molecule has 0 spiro atoms. The molecule has 2 aromatic carbocycles. The lowest BCUT2D eigenvalue weighted by molar-refractivity contribution is 0.0744. The van der Waals surface area contributed by atoms with Crippen molar-refractivity contribution in [2.45, 2.75) is 12.5 Å². The zero-order valence-electron chi connectivity index (χ0n) is 16.5. The second-order valence-electron chi connectivity index (χ2n) is 8.44. The SMILES string of the molecule is N[C@@H](CCN1CC2CN(C(=O)c3cc4ccccc4o3)CC2C1)c1ccccc1. The van der Waals surface area contributed by atoms with Crippen LogP contribution in [0.25, 0.3) is 11.0 Å². The quantitative estimate of drug-likeness (QED) is 0.725. The van der Waals surface area contributed by atoms with Crippen molar-refractivity contribution >= 4 is 16.9 Å². The molecule has 1 aromatic heterocycles. The van der Waals surface area contributed by atoms with Gasteiger partial charge in [-0.2, -0.15) is 0 Å². The standard InChI is InChI=1S/C24H27N3O2/c25-21(17-6-2-1-3-7-17)10-11-26-13-19-15-27(16-20(19)14-26)24(28)23-12-18-8-4-5-9-22(18)29-23/h1-9,12,19-21H,10-11,13-16,25H2/t19?,20?,21-/m0/s1. The predicted molar refractivity (Wildman–Crippen MR) is 114 cm³/mol. The van der Waals surface area contributed by atoms with E-state index in [9.17, 15) is 4.79 Å². The number of likely N-dealkylation sites (tertiary alicyclic amines) is 2. The summed E-state index contributed by atoms with van der Waals surface area (Å²) in [5.74, 6) is 1.58. The van der Waals surface area contributed by atoms with Crippen molar-refractivity contribution in [2.75, 3.05) is 32.7 Å². The third kappa shape index (κ3) is 3.68. The van der Waals surface area contributed by atoms with Crippen molar-refractivity contribution in [2.24, 2.45) is 17.6 Å². The highest BCUT2D eigenvalue weighted by Gasteiger charge is 2.42. The van der Waals surface area contributed by atoms with Gasteiger partial charge in [0.05, 0.1) is 0 Å². The van der Waals surface area contributed by atoms with Crippen molar-refractivity contribution in [3.8, 4) is 0 Å². The van der Waals surface area contributed by atoms with Crippen LogP contribution in [0.4, 0.5) is 0 Å². The normalized spacial score (nSPS) is 22.9. The molecule has 2 aliphatic rings. The van der Waals surface area contributed by atoms with Gasteiger partial charge < -0.3 is 20.0 Å². The van der Waals surface area contributed by atoms with Gasteiger partial charge in [0.1, 0.15) is 5.58 Å². The summed E-state index contributed by atoms with van der Waals surface area (Å²) >= 11 is 0. The van der Waals surface area contributed by atoms with Gasteiger partial charge in [-0.3, -0.25) is 4.79 Å². The first kappa shape index (κ1) is 18.4. The smallest absolute Gasteiger partial charge is 0.289 e. The Balaban J connectivity index is 1.15. The molecule has 2 saturated heterocycles. The van der Waals surface area contributed by atoms with Gasteiger partial charge in [-0.1, -0.05) is 48.5 Å². The Bertz CT molecular complexity index is 953. The van der Waals surface area contributed by atoms with Crippen LogP contribution in [0.15, 0.2) is 65.1 Å². The van der Waals surface area contributed by atoms with Gasteiger partial charge in [0, 0.05) is 37.6 Å². The molecule has 0 saturated carbocycles. The van der Waals surface area contributed by atoms with Crippen LogP contribution in [0.1, 0.15) is 28.6 Å². The maximum Gasteiger partial charge on any atom is 0.289 e. The summed E-state index contributed by atoms with van der Waals surface area (Å²) in [6, 6.07) is 20.0. The number of amides is 1. The van der Waals surface area contributed by atoms with Crippen LogP contribution in [-0.2, 0) is 0 Å². The minimum absolute atomic E-state index is 0.0215. The molecule has 0 radical (unpaired) electrons. The molecule has 3 heterocycles. The Kier molecular flexibility index (Phi) is 4.86. The molecular formula is C24H27N3O2. The molecule has 2 aliphatic heterocycles. The van der Waals surface area contributed by atoms with Crippen LogP contribution in [0.5, 0.6) is 0 Å². The average molecular weight is 389 g/mol. The van der Waals surface area contributed by atoms with E-state index < -0.39 is 0 Å². The lowest BCUT2D eigenvalue weighted by atomic mass is 10.0. The lowest BCUT2D eigenvalue weighted by Gasteiger charge is -2.22. The lowest BCUT2D eigenvalue weighted by Crippen LogP contribution is -2.34. The predicted octanol–water partition coefficient (Wildman–Crippen LogP) is 3.53. The summed E-state index contributed by atoms with van der Waals surface area (Å²) in [5, 5.41) is 0.983. The van der Waals surface area contributed by atoms with Crippen LogP contribution in [-0.4, -0.2) is 48.4 Å². The van der Waals surface area contributed by atoms with Gasteiger partial charge in [0.25, 0.3) is 5.91 Å². The number of rotatable bonds is 5. The molecule has 2 N–H and O–H groups in total. The molecule has 2 unspecified atom stereocenters. The van der Waals surface area contributed by atoms with Crippen molar-refractivity contribution in [1.29, 1.82) is 0 Å². The van der Waals surface area contributed by atoms with E-state index in [0.717, 1.165) is 50.1 Å². The van der Waals surface area contributed by atoms with Gasteiger partial charge in [-0.05, 0) is 42.5 Å². The first-order chi connectivity index (χ1) is 14.2. The highest BCUT2D eigenvalue weighted by Crippen LogP contribution is 2.33. The molecule has 3 aromatic rings. The van der Waals surface area contributed by atoms with E-state index >= 15 is 0 Å². The van der Waals surface area contributed by atoms with Gasteiger partial charge in [-0.15, -0.1) is 0 Å². The summed E-state index contributed by atoms with van der Waals surface area (Å²) in [6.45, 7) is 4.76. The Morgan fingerprint density at radius 1 is 1.00 bits per heavy atom. The Morgan fingerprint density at radius 3 is 2.41 bits per heavy atom. The van der Waals surface area contributed by atoms with E-state index in [0.29, 0.717) is 17.6 Å². The number of hydrogen-bond acceptors (Lipinski definition) is 4. The van der Waals surface area contributed by atoms with Crippen LogP contribution in [0.3, 0.4) is 0 Å². The van der Waals surface area contributed by atoms with E-state index in [1.165, 1.54) is 5.56 Å². The summed E-state index contributed by atoms with van der Waals surface area (Å²) in [6.07, 6.45) is 0.963. The number of nitrogens with zero attached hydrogens (tertiary/aromatic N) is 2. The van der Waals surface area contributed by atoms with Crippen molar-refractivity contribution in [3.63, 3.8) is 0 Å². The fourth-order valence-electron chi connectivity index (χ4n) is 4.87. The number of para-hydroxylation sites is 1. The first-order valence-electron chi connectivity index (χ1n) is 10.5. The Labute approximate surface area is 171 Å². The zero-order valence-corrected chi connectivity index (χ0v) is 16.5. The minimum atomic E-state index is 0.0215. The fraction of sp³-hybridized carbons (Fsp3) is 0.375. The van der Waals surface area contributed by atoms with Gasteiger partial charge in [0.15, 0.2) is 5.76 Å². The van der Waals surface area contributed by atoms with E-state index in [1.54, 1.807) is 0 Å². The molecule has 150 valence electrons. The molecule has 5 heteroatoms. The van der Waals surface area contributed by atoms with Crippen LogP contribution < -0.4 is 5.73 Å². The molecule has 3 atom stereocenters. The number of hydrogen-bond donors (Lipinski definition) is 1. The number of benzene rings is 2. The second kappa shape index (κ2) is 7.65. The molecule has 5 nitrogen and oxygen atoms in total. The second-order valence-corrected chi connectivity index (χ2v) is 8.44. The van der Waals surface area contributed by atoms with Crippen LogP contribution in [0, 0.1) is 11.8 Å². The van der Waals surface area contributed by atoms with E-state index in [1.807, 2.05) is 53.4 Å². The average Bonchev–Trinajstić information content (AvgIpc) is 3.44. The minimum Gasteiger partial charge on any atom is -0.451 e. The summed E-state index contributed by atoms with van der Waals surface area (Å²) < 4.78 is 5.78. The van der Waals surface area contributed by atoms with E-state index in [-0.39, 0.29) is 11.9 Å². The number of carbonyl (C=O) groups is 1. The summed E-state index contributed by atoms with van der Waals surface area (Å²) in [7, 11) is 0. The molecule has 29 heavy (non-hydrogen) atoms. The van der Waals surface area contributed by atoms with Crippen molar-refractivity contribution < 1.29 is 9.21 Å². The Morgan fingerprint density at radius 2 is 1.69 bits per heavy atom. The molecule has 1 amide bonds. The molecule has 5 rings (SSSR count). The monoisotopic (exact) mass is 389 g/mol. The third-order valence-electron chi connectivity index (χ3n) is 6.47. The highest BCUT2D eigenvalue weighted by atomic mass is 16.3. The number of nitrogens with two attached hydrogens (primary N) is 1.